The van der Waals surface area contributed by atoms with E-state index in [4.69, 9.17) is 11.6 Å². The van der Waals surface area contributed by atoms with E-state index in [2.05, 4.69) is 5.32 Å². The van der Waals surface area contributed by atoms with Crippen LogP contribution < -0.4 is 9.62 Å². The van der Waals surface area contributed by atoms with E-state index in [9.17, 15) is 18.0 Å². The number of carbonyl (C=O) groups is 2. The third-order valence-corrected chi connectivity index (χ3v) is 9.91. The largest absolute Gasteiger partial charge is 0.352 e. The van der Waals surface area contributed by atoms with Gasteiger partial charge in [0, 0.05) is 12.6 Å². The molecule has 1 fully saturated rings. The van der Waals surface area contributed by atoms with Gasteiger partial charge in [-0.1, -0.05) is 97.4 Å². The molecule has 224 valence electrons. The Morgan fingerprint density at radius 3 is 2.10 bits per heavy atom. The van der Waals surface area contributed by atoms with Crippen LogP contribution in [0.1, 0.15) is 62.1 Å². The normalized spacial score (nSPS) is 14.7. The lowest BCUT2D eigenvalue weighted by molar-refractivity contribution is -0.140. The minimum absolute atomic E-state index is 0.0491. The molecule has 2 amide bonds. The van der Waals surface area contributed by atoms with Crippen molar-refractivity contribution in [2.24, 2.45) is 0 Å². The number of para-hydroxylation sites is 1. The molecule has 1 aliphatic rings. The fourth-order valence-electron chi connectivity index (χ4n) is 5.36. The summed E-state index contributed by atoms with van der Waals surface area (Å²) >= 11 is 6.50. The van der Waals surface area contributed by atoms with Crippen LogP contribution in [0.4, 0.5) is 5.69 Å². The number of hydrogen-bond acceptors (Lipinski definition) is 4. The van der Waals surface area contributed by atoms with Crippen LogP contribution >= 0.6 is 11.6 Å². The van der Waals surface area contributed by atoms with Crippen LogP contribution in [-0.4, -0.2) is 43.8 Å². The predicted octanol–water partition coefficient (Wildman–Crippen LogP) is 6.41. The van der Waals surface area contributed by atoms with Crippen molar-refractivity contribution in [3.63, 3.8) is 0 Å². The number of carbonyl (C=O) groups excluding carboxylic acids is 2. The van der Waals surface area contributed by atoms with Gasteiger partial charge in [-0.3, -0.25) is 13.9 Å². The van der Waals surface area contributed by atoms with E-state index in [1.54, 1.807) is 36.4 Å². The molecule has 0 bridgehead atoms. The number of sulfonamides is 1. The number of halogens is 1. The summed E-state index contributed by atoms with van der Waals surface area (Å²) in [5, 5.41) is 3.37. The SMILES string of the molecule is CCC(C(=O)NC1CCCCC1)N(Cc1ccc(C)cc1)C(=O)CN(c1ccccc1Cl)S(=O)(=O)c1ccc(C)cc1. The second kappa shape index (κ2) is 14.2. The van der Waals surface area contributed by atoms with Gasteiger partial charge in [0.25, 0.3) is 10.0 Å². The highest BCUT2D eigenvalue weighted by Crippen LogP contribution is 2.31. The molecule has 1 unspecified atom stereocenters. The van der Waals surface area contributed by atoms with Crippen LogP contribution in [0.25, 0.3) is 0 Å². The Morgan fingerprint density at radius 1 is 0.905 bits per heavy atom. The average Bonchev–Trinajstić information content (AvgIpc) is 2.98. The van der Waals surface area contributed by atoms with Crippen LogP contribution in [0.15, 0.2) is 77.7 Å². The molecule has 0 aliphatic heterocycles. The molecule has 42 heavy (non-hydrogen) atoms. The molecule has 9 heteroatoms. The second-order valence-electron chi connectivity index (χ2n) is 11.1. The standard InChI is InChI=1S/C33H40ClN3O4S/c1-4-30(33(39)35-27-10-6-5-7-11-27)36(22-26-18-14-24(2)15-19-26)32(38)23-37(31-13-9-8-12-29(31)34)42(40,41)28-20-16-25(3)17-21-28/h8-9,12-21,27,30H,4-7,10-11,22-23H2,1-3H3,(H,35,39). The van der Waals surface area contributed by atoms with Gasteiger partial charge in [0.05, 0.1) is 15.6 Å². The number of amides is 2. The second-order valence-corrected chi connectivity index (χ2v) is 13.3. The topological polar surface area (TPSA) is 86.8 Å². The van der Waals surface area contributed by atoms with E-state index in [-0.39, 0.29) is 34.1 Å². The van der Waals surface area contributed by atoms with Crippen molar-refractivity contribution in [3.05, 3.63) is 94.5 Å². The summed E-state index contributed by atoms with van der Waals surface area (Å²) in [6.07, 6.45) is 5.52. The van der Waals surface area contributed by atoms with E-state index in [0.29, 0.717) is 6.42 Å². The van der Waals surface area contributed by atoms with Gasteiger partial charge in [-0.15, -0.1) is 0 Å². The molecule has 4 rings (SSSR count). The van der Waals surface area contributed by atoms with Crippen molar-refractivity contribution in [1.29, 1.82) is 0 Å². The van der Waals surface area contributed by atoms with Crippen LogP contribution in [0.3, 0.4) is 0 Å². The minimum atomic E-state index is -4.17. The number of anilines is 1. The van der Waals surface area contributed by atoms with Crippen LogP contribution in [0.5, 0.6) is 0 Å². The van der Waals surface area contributed by atoms with Gasteiger partial charge >= 0.3 is 0 Å². The number of nitrogens with one attached hydrogen (secondary N) is 1. The zero-order valence-electron chi connectivity index (χ0n) is 24.6. The van der Waals surface area contributed by atoms with E-state index in [0.717, 1.165) is 53.1 Å². The van der Waals surface area contributed by atoms with Crippen LogP contribution in [0, 0.1) is 13.8 Å². The van der Waals surface area contributed by atoms with Crippen LogP contribution in [0.2, 0.25) is 5.02 Å². The van der Waals surface area contributed by atoms with Crippen LogP contribution in [-0.2, 0) is 26.2 Å². The molecule has 0 radical (unpaired) electrons. The summed E-state index contributed by atoms with van der Waals surface area (Å²) in [7, 11) is -4.17. The lowest BCUT2D eigenvalue weighted by Crippen LogP contribution is -2.54. The maximum Gasteiger partial charge on any atom is 0.264 e. The first kappa shape index (κ1) is 31.6. The molecule has 1 atom stereocenters. The predicted molar refractivity (Wildman–Crippen MR) is 168 cm³/mol. The number of hydrogen-bond donors (Lipinski definition) is 1. The zero-order valence-corrected chi connectivity index (χ0v) is 26.1. The van der Waals surface area contributed by atoms with E-state index in [1.165, 1.54) is 17.0 Å². The van der Waals surface area contributed by atoms with E-state index in [1.807, 2.05) is 45.0 Å². The Hall–Kier alpha value is -3.36. The minimum Gasteiger partial charge on any atom is -0.352 e. The highest BCUT2D eigenvalue weighted by atomic mass is 35.5. The highest BCUT2D eigenvalue weighted by Gasteiger charge is 2.35. The smallest absolute Gasteiger partial charge is 0.264 e. The fourth-order valence-corrected chi connectivity index (χ4v) is 7.08. The Kier molecular flexibility index (Phi) is 10.7. The number of nitrogens with zero attached hydrogens (tertiary/aromatic N) is 2. The summed E-state index contributed by atoms with van der Waals surface area (Å²) in [5.41, 5.74) is 3.03. The molecular weight excluding hydrogens is 570 g/mol. The number of aryl methyl sites for hydroxylation is 2. The average molecular weight is 610 g/mol. The van der Waals surface area contributed by atoms with E-state index >= 15 is 0 Å². The lowest BCUT2D eigenvalue weighted by atomic mass is 9.95. The zero-order chi connectivity index (χ0) is 30.3. The van der Waals surface area contributed by atoms with Gasteiger partial charge in [-0.05, 0) is 62.9 Å². The summed E-state index contributed by atoms with van der Waals surface area (Å²) in [6, 6.07) is 20.1. The van der Waals surface area contributed by atoms with Gasteiger partial charge < -0.3 is 10.2 Å². The Balaban J connectivity index is 1.71. The third-order valence-electron chi connectivity index (χ3n) is 7.82. The Labute approximate surface area is 254 Å². The first-order valence-electron chi connectivity index (χ1n) is 14.6. The van der Waals surface area contributed by atoms with Crippen molar-refractivity contribution in [2.75, 3.05) is 10.8 Å². The van der Waals surface area contributed by atoms with Crippen molar-refractivity contribution in [1.82, 2.24) is 10.2 Å². The van der Waals surface area contributed by atoms with Gasteiger partial charge in [-0.25, -0.2) is 8.42 Å². The molecule has 7 nitrogen and oxygen atoms in total. The summed E-state index contributed by atoms with van der Waals surface area (Å²) in [5.74, 6) is -0.702. The van der Waals surface area contributed by atoms with E-state index < -0.39 is 28.5 Å². The Bertz CT molecular complexity index is 1470. The number of rotatable bonds is 11. The first-order valence-corrected chi connectivity index (χ1v) is 16.4. The van der Waals surface area contributed by atoms with Crippen molar-refractivity contribution in [3.8, 4) is 0 Å². The van der Waals surface area contributed by atoms with Crippen molar-refractivity contribution >= 4 is 39.1 Å². The molecule has 0 saturated heterocycles. The molecule has 0 spiro atoms. The number of benzene rings is 3. The first-order chi connectivity index (χ1) is 20.1. The van der Waals surface area contributed by atoms with Gasteiger partial charge in [0.15, 0.2) is 0 Å². The molecule has 1 aliphatic carbocycles. The molecule has 1 N–H and O–H groups in total. The summed E-state index contributed by atoms with van der Waals surface area (Å²) < 4.78 is 29.1. The van der Waals surface area contributed by atoms with Crippen molar-refractivity contribution < 1.29 is 18.0 Å². The lowest BCUT2D eigenvalue weighted by Gasteiger charge is -2.34. The molecule has 3 aromatic rings. The summed E-state index contributed by atoms with van der Waals surface area (Å²) in [6.45, 7) is 5.37. The Morgan fingerprint density at radius 2 is 1.50 bits per heavy atom. The molecular formula is C33H40ClN3O4S. The maximum absolute atomic E-state index is 14.2. The van der Waals surface area contributed by atoms with Crippen molar-refractivity contribution in [2.45, 2.75) is 82.8 Å². The molecule has 3 aromatic carbocycles. The molecule has 0 heterocycles. The maximum atomic E-state index is 14.2. The summed E-state index contributed by atoms with van der Waals surface area (Å²) in [4.78, 5) is 29.4. The highest BCUT2D eigenvalue weighted by molar-refractivity contribution is 7.92. The van der Waals surface area contributed by atoms with Gasteiger partial charge in [0.1, 0.15) is 12.6 Å². The monoisotopic (exact) mass is 609 g/mol. The quantitative estimate of drug-likeness (QED) is 0.272. The molecule has 1 saturated carbocycles. The van der Waals surface area contributed by atoms with Gasteiger partial charge in [0.2, 0.25) is 11.8 Å². The molecule has 0 aromatic heterocycles. The fraction of sp³-hybridized carbons (Fsp3) is 0.394. The van der Waals surface area contributed by atoms with Gasteiger partial charge in [-0.2, -0.15) is 0 Å². The third kappa shape index (κ3) is 7.72.